The van der Waals surface area contributed by atoms with E-state index in [0.29, 0.717) is 10.6 Å². The van der Waals surface area contributed by atoms with Crippen LogP contribution in [0.15, 0.2) is 23.1 Å². The lowest BCUT2D eigenvalue weighted by molar-refractivity contribution is -0.386. The van der Waals surface area contributed by atoms with Gasteiger partial charge in [-0.3, -0.25) is 14.9 Å². The van der Waals surface area contributed by atoms with E-state index in [1.165, 1.54) is 7.11 Å². The van der Waals surface area contributed by atoms with Gasteiger partial charge in [0, 0.05) is 7.05 Å². The molecule has 92 valence electrons. The fraction of sp³-hybridized carbons (Fsp3) is 0.300. The number of thioether (sulfide) groups is 1. The highest BCUT2D eigenvalue weighted by molar-refractivity contribution is 8.00. The molecule has 0 fully saturated rings. The van der Waals surface area contributed by atoms with Crippen LogP contribution in [-0.2, 0) is 9.53 Å². The van der Waals surface area contributed by atoms with E-state index in [-0.39, 0.29) is 11.4 Å². The van der Waals surface area contributed by atoms with Gasteiger partial charge in [-0.25, -0.2) is 0 Å². The Morgan fingerprint density at radius 1 is 1.59 bits per heavy atom. The molecule has 0 aliphatic heterocycles. The van der Waals surface area contributed by atoms with Crippen molar-refractivity contribution in [2.24, 2.45) is 0 Å². The maximum Gasteiger partial charge on any atom is 0.315 e. The molecule has 0 saturated carbocycles. The van der Waals surface area contributed by atoms with E-state index in [4.69, 9.17) is 0 Å². The molecule has 17 heavy (non-hydrogen) atoms. The van der Waals surface area contributed by atoms with Gasteiger partial charge in [0.1, 0.15) is 5.69 Å². The zero-order valence-electron chi connectivity index (χ0n) is 9.43. The fourth-order valence-corrected chi connectivity index (χ4v) is 2.11. The first-order valence-corrected chi connectivity index (χ1v) is 5.73. The fourth-order valence-electron chi connectivity index (χ4n) is 1.22. The smallest absolute Gasteiger partial charge is 0.315 e. The van der Waals surface area contributed by atoms with Crippen LogP contribution in [0.4, 0.5) is 11.4 Å². The van der Waals surface area contributed by atoms with Gasteiger partial charge in [0.05, 0.1) is 22.7 Å². The molecule has 1 aromatic rings. The normalized spacial score (nSPS) is 9.76. The Kier molecular flexibility index (Phi) is 4.77. The number of ether oxygens (including phenoxy) is 1. The number of rotatable bonds is 5. The second-order valence-electron chi connectivity index (χ2n) is 3.02. The molecule has 0 spiro atoms. The van der Waals surface area contributed by atoms with Crippen molar-refractivity contribution in [3.63, 3.8) is 0 Å². The van der Waals surface area contributed by atoms with Crippen LogP contribution < -0.4 is 5.32 Å². The third-order valence-corrected chi connectivity index (χ3v) is 3.04. The predicted molar refractivity (Wildman–Crippen MR) is 65.4 cm³/mol. The number of carbonyl (C=O) groups excluding carboxylic acids is 1. The van der Waals surface area contributed by atoms with Gasteiger partial charge in [-0.2, -0.15) is 0 Å². The number of para-hydroxylation sites is 1. The average Bonchev–Trinajstić information content (AvgIpc) is 2.34. The third-order valence-electron chi connectivity index (χ3n) is 2.02. The van der Waals surface area contributed by atoms with E-state index in [1.54, 1.807) is 25.2 Å². The summed E-state index contributed by atoms with van der Waals surface area (Å²) < 4.78 is 4.48. The van der Waals surface area contributed by atoms with Crippen molar-refractivity contribution in [3.05, 3.63) is 28.3 Å². The summed E-state index contributed by atoms with van der Waals surface area (Å²) in [7, 11) is 2.89. The van der Waals surface area contributed by atoms with Crippen molar-refractivity contribution in [2.75, 3.05) is 25.2 Å². The molecule has 0 aromatic heterocycles. The van der Waals surface area contributed by atoms with E-state index in [9.17, 15) is 14.9 Å². The lowest BCUT2D eigenvalue weighted by Gasteiger charge is -2.06. The number of esters is 1. The molecular formula is C10H12N2O4S. The van der Waals surface area contributed by atoms with Crippen LogP contribution in [0.25, 0.3) is 0 Å². The third kappa shape index (κ3) is 3.35. The minimum absolute atomic E-state index is 0.0242. The first-order valence-electron chi connectivity index (χ1n) is 4.75. The summed E-state index contributed by atoms with van der Waals surface area (Å²) in [5, 5.41) is 13.7. The Labute approximate surface area is 102 Å². The summed E-state index contributed by atoms with van der Waals surface area (Å²) in [6.45, 7) is 0. The van der Waals surface area contributed by atoms with E-state index in [0.717, 1.165) is 11.8 Å². The molecule has 0 aliphatic carbocycles. The van der Waals surface area contributed by atoms with Gasteiger partial charge < -0.3 is 10.1 Å². The van der Waals surface area contributed by atoms with Crippen molar-refractivity contribution >= 4 is 29.1 Å². The van der Waals surface area contributed by atoms with Crippen LogP contribution in [-0.4, -0.2) is 30.8 Å². The summed E-state index contributed by atoms with van der Waals surface area (Å²) in [6.07, 6.45) is 0. The summed E-state index contributed by atoms with van der Waals surface area (Å²) in [5.74, 6) is -0.371. The van der Waals surface area contributed by atoms with Crippen LogP contribution in [0.5, 0.6) is 0 Å². The lowest BCUT2D eigenvalue weighted by atomic mass is 10.3. The number of methoxy groups -OCH3 is 1. The largest absolute Gasteiger partial charge is 0.468 e. The molecule has 1 aromatic carbocycles. The van der Waals surface area contributed by atoms with Crippen LogP contribution in [0.3, 0.4) is 0 Å². The molecule has 7 heteroatoms. The second-order valence-corrected chi connectivity index (χ2v) is 4.04. The van der Waals surface area contributed by atoms with Gasteiger partial charge in [0.15, 0.2) is 0 Å². The number of hydrogen-bond acceptors (Lipinski definition) is 6. The minimum Gasteiger partial charge on any atom is -0.468 e. The van der Waals surface area contributed by atoms with E-state index in [2.05, 4.69) is 10.1 Å². The number of benzene rings is 1. The summed E-state index contributed by atoms with van der Waals surface area (Å²) >= 11 is 1.08. The number of hydrogen-bond donors (Lipinski definition) is 1. The first kappa shape index (κ1) is 13.3. The van der Waals surface area contributed by atoms with Gasteiger partial charge in [-0.15, -0.1) is 11.8 Å². The molecule has 1 N–H and O–H groups in total. The Bertz CT molecular complexity index is 436. The Balaban J connectivity index is 2.98. The Hall–Kier alpha value is -1.76. The topological polar surface area (TPSA) is 81.5 Å². The van der Waals surface area contributed by atoms with Gasteiger partial charge in [-0.05, 0) is 12.1 Å². The number of anilines is 1. The van der Waals surface area contributed by atoms with Crippen LogP contribution in [0.2, 0.25) is 0 Å². The number of nitrogens with zero attached hydrogens (tertiary/aromatic N) is 1. The molecule has 0 heterocycles. The number of nitrogens with one attached hydrogen (secondary N) is 1. The lowest BCUT2D eigenvalue weighted by Crippen LogP contribution is -2.04. The minimum atomic E-state index is -0.467. The van der Waals surface area contributed by atoms with Crippen LogP contribution >= 0.6 is 11.8 Å². The van der Waals surface area contributed by atoms with Gasteiger partial charge in [-0.1, -0.05) is 6.07 Å². The highest BCUT2D eigenvalue weighted by atomic mass is 32.2. The quantitative estimate of drug-likeness (QED) is 0.375. The highest BCUT2D eigenvalue weighted by Gasteiger charge is 2.19. The SMILES string of the molecule is CNc1cccc(SCC(=O)OC)c1[N+](=O)[O-]. The molecule has 6 nitrogen and oxygen atoms in total. The van der Waals surface area contributed by atoms with Gasteiger partial charge in [0.2, 0.25) is 0 Å². The number of nitro benzene ring substituents is 1. The Morgan fingerprint density at radius 3 is 2.82 bits per heavy atom. The zero-order chi connectivity index (χ0) is 12.8. The molecule has 0 atom stereocenters. The van der Waals surface area contributed by atoms with Gasteiger partial charge in [0.25, 0.3) is 0 Å². The van der Waals surface area contributed by atoms with Gasteiger partial charge >= 0.3 is 11.7 Å². The second kappa shape index (κ2) is 6.09. The van der Waals surface area contributed by atoms with Crippen molar-refractivity contribution in [2.45, 2.75) is 4.90 Å². The average molecular weight is 256 g/mol. The number of nitro groups is 1. The molecule has 0 radical (unpaired) electrons. The molecular weight excluding hydrogens is 244 g/mol. The van der Waals surface area contributed by atoms with Crippen LogP contribution in [0, 0.1) is 10.1 Å². The predicted octanol–water partition coefficient (Wildman–Crippen LogP) is 1.90. The van der Waals surface area contributed by atoms with Crippen molar-refractivity contribution in [1.82, 2.24) is 0 Å². The summed E-state index contributed by atoms with van der Waals surface area (Å²) in [4.78, 5) is 21.9. The van der Waals surface area contributed by atoms with E-state index < -0.39 is 10.9 Å². The monoisotopic (exact) mass is 256 g/mol. The molecule has 1 rings (SSSR count). The zero-order valence-corrected chi connectivity index (χ0v) is 10.2. The van der Waals surface area contributed by atoms with E-state index >= 15 is 0 Å². The van der Waals surface area contributed by atoms with Crippen LogP contribution in [0.1, 0.15) is 0 Å². The maximum atomic E-state index is 11.0. The number of carbonyl (C=O) groups is 1. The molecule has 0 unspecified atom stereocenters. The summed E-state index contributed by atoms with van der Waals surface area (Å²) in [6, 6.07) is 4.91. The Morgan fingerprint density at radius 2 is 2.29 bits per heavy atom. The molecule has 0 saturated heterocycles. The van der Waals surface area contributed by atoms with E-state index in [1.807, 2.05) is 0 Å². The first-order chi connectivity index (χ1) is 8.10. The standard InChI is InChI=1S/C10H12N2O4S/c1-11-7-4-3-5-8(10(7)12(14)15)17-6-9(13)16-2/h3-5,11H,6H2,1-2H3. The molecule has 0 amide bonds. The molecule has 0 bridgehead atoms. The summed E-state index contributed by atoms with van der Waals surface area (Å²) in [5.41, 5.74) is 0.397. The van der Waals surface area contributed by atoms with Crippen molar-refractivity contribution in [1.29, 1.82) is 0 Å². The molecule has 0 aliphatic rings. The highest BCUT2D eigenvalue weighted by Crippen LogP contribution is 2.35. The van der Waals surface area contributed by atoms with Crippen molar-refractivity contribution in [3.8, 4) is 0 Å². The maximum absolute atomic E-state index is 11.0. The van der Waals surface area contributed by atoms with Crippen molar-refractivity contribution < 1.29 is 14.5 Å².